The molecule has 3 heteroatoms. The van der Waals surface area contributed by atoms with Crippen molar-refractivity contribution < 1.29 is 4.79 Å². The van der Waals surface area contributed by atoms with E-state index < -0.39 is 0 Å². The lowest BCUT2D eigenvalue weighted by Gasteiger charge is -2.26. The number of fused-ring (bicyclic) bond motifs is 1. The van der Waals surface area contributed by atoms with Crippen LogP contribution in [0.15, 0.2) is 60.9 Å². The second-order valence-electron chi connectivity index (χ2n) is 7.94. The minimum absolute atomic E-state index is 0.0715. The normalized spacial score (nSPS) is 10.1. The van der Waals surface area contributed by atoms with Crippen LogP contribution >= 0.6 is 0 Å². The maximum atomic E-state index is 13.2. The molecule has 0 saturated heterocycles. The van der Waals surface area contributed by atoms with Crippen molar-refractivity contribution in [1.29, 1.82) is 0 Å². The van der Waals surface area contributed by atoms with E-state index in [1.54, 1.807) is 0 Å². The molecule has 180 valence electrons. The Morgan fingerprint density at radius 2 is 1.42 bits per heavy atom. The molecule has 0 atom stereocenters. The van der Waals surface area contributed by atoms with Crippen LogP contribution in [-0.4, -0.2) is 28.3 Å². The van der Waals surface area contributed by atoms with Gasteiger partial charge in [0.2, 0.25) is 0 Å². The van der Waals surface area contributed by atoms with Gasteiger partial charge in [0.1, 0.15) is 0 Å². The smallest absolute Gasteiger partial charge is 0.195 e. The molecule has 0 radical (unpaired) electrons. The number of aryl methyl sites for hydroxylation is 2. The molecule has 0 spiro atoms. The highest BCUT2D eigenvalue weighted by Crippen LogP contribution is 2.26. The van der Waals surface area contributed by atoms with Crippen LogP contribution in [0.25, 0.3) is 10.9 Å². The van der Waals surface area contributed by atoms with E-state index in [-0.39, 0.29) is 5.78 Å². The minimum atomic E-state index is 0.0715. The monoisotopic (exact) mass is 448 g/mol. The van der Waals surface area contributed by atoms with Crippen LogP contribution in [0.2, 0.25) is 0 Å². The number of ketones is 1. The molecule has 0 amide bonds. The number of benzene rings is 2. The van der Waals surface area contributed by atoms with Gasteiger partial charge in [0.05, 0.1) is 6.54 Å². The van der Waals surface area contributed by atoms with Crippen LogP contribution in [-0.2, 0) is 6.54 Å². The molecule has 0 unspecified atom stereocenters. The fourth-order valence-corrected chi connectivity index (χ4v) is 3.84. The van der Waals surface area contributed by atoms with E-state index in [0.29, 0.717) is 6.54 Å². The topological polar surface area (TPSA) is 25.2 Å². The summed E-state index contributed by atoms with van der Waals surface area (Å²) in [5.41, 5.74) is 6.02. The van der Waals surface area contributed by atoms with Crippen molar-refractivity contribution in [3.05, 3.63) is 83.2 Å². The summed E-state index contributed by atoms with van der Waals surface area (Å²) in [4.78, 5) is 15.6. The highest BCUT2D eigenvalue weighted by atomic mass is 16.1. The average molecular weight is 449 g/mol. The van der Waals surface area contributed by atoms with Gasteiger partial charge < -0.3 is 9.47 Å². The Balaban J connectivity index is 0.00000129. The summed E-state index contributed by atoms with van der Waals surface area (Å²) in [5, 5.41) is 1.01. The van der Waals surface area contributed by atoms with Gasteiger partial charge in [0, 0.05) is 47.0 Å². The van der Waals surface area contributed by atoms with Crippen LogP contribution in [0.4, 0.5) is 0 Å². The van der Waals surface area contributed by atoms with Crippen LogP contribution < -0.4 is 0 Å². The SMILES string of the molecule is C=C(Cn1cc(C(=O)c2ccc(C)cc2)c2ccc(C)cc21)N(CCC)CCC.CC.CC. The van der Waals surface area contributed by atoms with Gasteiger partial charge in [0.15, 0.2) is 5.78 Å². The molecular formula is C30H44N2O. The summed E-state index contributed by atoms with van der Waals surface area (Å²) < 4.78 is 2.18. The zero-order valence-electron chi connectivity index (χ0n) is 22.2. The first-order chi connectivity index (χ1) is 15.9. The van der Waals surface area contributed by atoms with Crippen molar-refractivity contribution in [1.82, 2.24) is 9.47 Å². The van der Waals surface area contributed by atoms with Crippen LogP contribution in [0.3, 0.4) is 0 Å². The first kappa shape index (κ1) is 28.2. The standard InChI is InChI=1S/C26H32N2O.2C2H6/c1-6-14-27(15-7-2)21(5)17-28-18-24(23-13-10-20(4)16-25(23)28)26(29)22-11-8-19(3)9-12-22;2*1-2/h8-13,16,18H,5-7,14-15,17H2,1-4H3;2*1-2H3. The van der Waals surface area contributed by atoms with Gasteiger partial charge in [-0.05, 0) is 38.3 Å². The Morgan fingerprint density at radius 1 is 0.879 bits per heavy atom. The Kier molecular flexibility index (Phi) is 12.3. The molecule has 0 saturated carbocycles. The molecule has 0 aliphatic rings. The van der Waals surface area contributed by atoms with Crippen molar-refractivity contribution in [2.45, 2.75) is 74.8 Å². The van der Waals surface area contributed by atoms with Crippen molar-refractivity contribution in [2.24, 2.45) is 0 Å². The predicted molar refractivity (Wildman–Crippen MR) is 145 cm³/mol. The number of carbonyl (C=O) groups is 1. The van der Waals surface area contributed by atoms with Gasteiger partial charge >= 0.3 is 0 Å². The van der Waals surface area contributed by atoms with E-state index in [4.69, 9.17) is 0 Å². The third-order valence-electron chi connectivity index (χ3n) is 5.38. The first-order valence-electron chi connectivity index (χ1n) is 12.6. The minimum Gasteiger partial charge on any atom is -0.374 e. The predicted octanol–water partition coefficient (Wildman–Crippen LogP) is 8.18. The first-order valence-corrected chi connectivity index (χ1v) is 12.6. The zero-order chi connectivity index (χ0) is 25.0. The fraction of sp³-hybridized carbons (Fsp3) is 0.433. The van der Waals surface area contributed by atoms with Gasteiger partial charge in [-0.2, -0.15) is 0 Å². The molecule has 3 nitrogen and oxygen atoms in total. The maximum Gasteiger partial charge on any atom is 0.195 e. The number of hydrogen-bond donors (Lipinski definition) is 0. The van der Waals surface area contributed by atoms with Crippen molar-refractivity contribution >= 4 is 16.7 Å². The number of rotatable bonds is 9. The van der Waals surface area contributed by atoms with E-state index in [1.165, 1.54) is 5.56 Å². The second kappa shape index (κ2) is 14.4. The number of allylic oxidation sites excluding steroid dienone is 1. The van der Waals surface area contributed by atoms with Crippen molar-refractivity contribution in [2.75, 3.05) is 13.1 Å². The fourth-order valence-electron chi connectivity index (χ4n) is 3.84. The molecule has 0 bridgehead atoms. The van der Waals surface area contributed by atoms with E-state index in [9.17, 15) is 4.79 Å². The Morgan fingerprint density at radius 3 is 1.97 bits per heavy atom. The Labute approximate surface area is 202 Å². The molecule has 0 aliphatic heterocycles. The van der Waals surface area contributed by atoms with Gasteiger partial charge in [-0.1, -0.05) is 90.1 Å². The Bertz CT molecular complexity index is 1010. The molecule has 1 heterocycles. The van der Waals surface area contributed by atoms with Gasteiger partial charge in [-0.15, -0.1) is 0 Å². The quantitative estimate of drug-likeness (QED) is 0.308. The molecule has 3 aromatic rings. The van der Waals surface area contributed by atoms with Crippen LogP contribution in [0.1, 0.15) is 81.4 Å². The van der Waals surface area contributed by atoms with E-state index in [1.807, 2.05) is 65.1 Å². The average Bonchev–Trinajstić information content (AvgIpc) is 3.18. The summed E-state index contributed by atoms with van der Waals surface area (Å²) in [6.07, 6.45) is 4.21. The highest BCUT2D eigenvalue weighted by molar-refractivity contribution is 6.16. The summed E-state index contributed by atoms with van der Waals surface area (Å²) in [5.74, 6) is 0.0715. The number of carbonyl (C=O) groups excluding carboxylic acids is 1. The lowest BCUT2D eigenvalue weighted by atomic mass is 10.0. The van der Waals surface area contributed by atoms with E-state index in [2.05, 4.69) is 55.0 Å². The maximum absolute atomic E-state index is 13.2. The number of hydrogen-bond acceptors (Lipinski definition) is 2. The third kappa shape index (κ3) is 7.35. The summed E-state index contributed by atoms with van der Waals surface area (Å²) in [6.45, 7) is 23.6. The molecule has 0 aliphatic carbocycles. The van der Waals surface area contributed by atoms with Crippen molar-refractivity contribution in [3.63, 3.8) is 0 Å². The summed E-state index contributed by atoms with van der Waals surface area (Å²) in [6, 6.07) is 14.1. The molecule has 0 fully saturated rings. The molecule has 1 aromatic heterocycles. The Hall–Kier alpha value is -2.81. The molecule has 33 heavy (non-hydrogen) atoms. The number of aromatic nitrogens is 1. The molecule has 2 aromatic carbocycles. The third-order valence-corrected chi connectivity index (χ3v) is 5.38. The lowest BCUT2D eigenvalue weighted by molar-refractivity contribution is 0.104. The number of nitrogens with zero attached hydrogens (tertiary/aromatic N) is 2. The molecule has 0 N–H and O–H groups in total. The highest BCUT2D eigenvalue weighted by Gasteiger charge is 2.18. The van der Waals surface area contributed by atoms with Crippen LogP contribution in [0.5, 0.6) is 0 Å². The lowest BCUT2D eigenvalue weighted by Crippen LogP contribution is -2.26. The summed E-state index contributed by atoms with van der Waals surface area (Å²) in [7, 11) is 0. The largest absolute Gasteiger partial charge is 0.374 e. The van der Waals surface area contributed by atoms with Crippen LogP contribution in [0, 0.1) is 13.8 Å². The summed E-state index contributed by atoms with van der Waals surface area (Å²) >= 11 is 0. The van der Waals surface area contributed by atoms with Crippen molar-refractivity contribution in [3.8, 4) is 0 Å². The van der Waals surface area contributed by atoms with E-state index in [0.717, 1.165) is 59.2 Å². The van der Waals surface area contributed by atoms with E-state index >= 15 is 0 Å². The molecule has 3 rings (SSSR count). The van der Waals surface area contributed by atoms with Gasteiger partial charge in [-0.25, -0.2) is 0 Å². The molecular weight excluding hydrogens is 404 g/mol. The zero-order valence-corrected chi connectivity index (χ0v) is 22.2. The van der Waals surface area contributed by atoms with Gasteiger partial charge in [0.25, 0.3) is 0 Å². The van der Waals surface area contributed by atoms with Gasteiger partial charge in [-0.3, -0.25) is 4.79 Å². The second-order valence-corrected chi connectivity index (χ2v) is 7.94.